The van der Waals surface area contributed by atoms with Gasteiger partial charge >= 0.3 is 0 Å². The second-order valence-electron chi connectivity index (χ2n) is 5.39. The Morgan fingerprint density at radius 1 is 1.43 bits per heavy atom. The molecular weight excluding hydrogens is 402 g/mol. The molecule has 0 amide bonds. The highest BCUT2D eigenvalue weighted by atomic mass is 79.9. The Morgan fingerprint density at radius 3 is 2.70 bits per heavy atom. The van der Waals surface area contributed by atoms with E-state index in [0.29, 0.717) is 23.9 Å². The van der Waals surface area contributed by atoms with E-state index in [9.17, 15) is 8.42 Å². The third-order valence-corrected chi connectivity index (χ3v) is 4.89. The molecule has 0 radical (unpaired) electrons. The highest BCUT2D eigenvalue weighted by molar-refractivity contribution is 9.10. The fraction of sp³-hybridized carbons (Fsp3) is 0.533. The molecule has 1 aromatic carbocycles. The standard InChI is InChI=1S/C15H23BrClN3O2S/c1-4-18-15(20-11(2)7-8-23(3,21)22)19-10-12-5-6-13(16)9-14(12)17/h5-6,9,11H,4,7-8,10H2,1-3H3,(H2,18,19,20). The molecule has 0 spiro atoms. The molecule has 0 bridgehead atoms. The van der Waals surface area contributed by atoms with Crippen molar-refractivity contribution < 1.29 is 8.42 Å². The molecule has 5 nitrogen and oxygen atoms in total. The maximum atomic E-state index is 11.2. The van der Waals surface area contributed by atoms with E-state index in [1.165, 1.54) is 6.26 Å². The molecule has 0 aliphatic rings. The zero-order chi connectivity index (χ0) is 17.5. The molecule has 0 aliphatic heterocycles. The van der Waals surface area contributed by atoms with Gasteiger partial charge in [-0.05, 0) is 38.0 Å². The summed E-state index contributed by atoms with van der Waals surface area (Å²) in [5.74, 6) is 0.798. The number of nitrogens with one attached hydrogen (secondary N) is 2. The van der Waals surface area contributed by atoms with E-state index in [4.69, 9.17) is 11.6 Å². The predicted molar refractivity (Wildman–Crippen MR) is 101 cm³/mol. The third-order valence-electron chi connectivity index (χ3n) is 3.07. The Labute approximate surface area is 152 Å². The Morgan fingerprint density at radius 2 is 2.13 bits per heavy atom. The molecule has 1 atom stereocenters. The summed E-state index contributed by atoms with van der Waals surface area (Å²) in [6.07, 6.45) is 1.77. The molecule has 0 saturated carbocycles. The van der Waals surface area contributed by atoms with Crippen molar-refractivity contribution in [1.29, 1.82) is 0 Å². The first-order valence-corrected chi connectivity index (χ1v) is 10.6. The molecule has 1 unspecified atom stereocenters. The largest absolute Gasteiger partial charge is 0.357 e. The first kappa shape index (κ1) is 20.3. The molecule has 0 saturated heterocycles. The first-order chi connectivity index (χ1) is 10.7. The molecule has 2 N–H and O–H groups in total. The second-order valence-corrected chi connectivity index (χ2v) is 8.98. The van der Waals surface area contributed by atoms with Gasteiger partial charge in [-0.3, -0.25) is 0 Å². The zero-order valence-corrected chi connectivity index (χ0v) is 16.7. The van der Waals surface area contributed by atoms with E-state index in [2.05, 4.69) is 31.6 Å². The fourth-order valence-corrected chi connectivity index (χ4v) is 3.35. The highest BCUT2D eigenvalue weighted by Gasteiger charge is 2.09. The van der Waals surface area contributed by atoms with E-state index >= 15 is 0 Å². The molecule has 8 heteroatoms. The molecule has 0 heterocycles. The number of rotatable bonds is 7. The highest BCUT2D eigenvalue weighted by Crippen LogP contribution is 2.21. The van der Waals surface area contributed by atoms with Gasteiger partial charge in [0.1, 0.15) is 9.84 Å². The van der Waals surface area contributed by atoms with Gasteiger partial charge in [0.05, 0.1) is 12.3 Å². The molecular formula is C15H23BrClN3O2S. The average Bonchev–Trinajstić information content (AvgIpc) is 2.43. The molecule has 130 valence electrons. The van der Waals surface area contributed by atoms with Crippen molar-refractivity contribution >= 4 is 43.3 Å². The van der Waals surface area contributed by atoms with Crippen molar-refractivity contribution in [3.05, 3.63) is 33.3 Å². The van der Waals surface area contributed by atoms with Crippen molar-refractivity contribution in [1.82, 2.24) is 10.6 Å². The normalized spacial score (nSPS) is 13.7. The lowest BCUT2D eigenvalue weighted by Crippen LogP contribution is -2.42. The van der Waals surface area contributed by atoms with Gasteiger partial charge in [-0.15, -0.1) is 0 Å². The monoisotopic (exact) mass is 423 g/mol. The minimum atomic E-state index is -2.95. The molecule has 0 aliphatic carbocycles. The topological polar surface area (TPSA) is 70.6 Å². The number of guanidine groups is 1. The van der Waals surface area contributed by atoms with Crippen molar-refractivity contribution in [3.63, 3.8) is 0 Å². The number of aliphatic imine (C=N–C) groups is 1. The van der Waals surface area contributed by atoms with Crippen LogP contribution in [0.15, 0.2) is 27.7 Å². The van der Waals surface area contributed by atoms with Gasteiger partial charge in [0.15, 0.2) is 5.96 Å². The molecule has 1 aromatic rings. The van der Waals surface area contributed by atoms with Crippen LogP contribution in [0, 0.1) is 0 Å². The van der Waals surface area contributed by atoms with Gasteiger partial charge in [-0.25, -0.2) is 13.4 Å². The minimum Gasteiger partial charge on any atom is -0.357 e. The van der Waals surface area contributed by atoms with Gasteiger partial charge in [-0.2, -0.15) is 0 Å². The van der Waals surface area contributed by atoms with Crippen molar-refractivity contribution in [2.45, 2.75) is 32.9 Å². The lowest BCUT2D eigenvalue weighted by atomic mass is 10.2. The zero-order valence-electron chi connectivity index (χ0n) is 13.6. The van der Waals surface area contributed by atoms with Crippen molar-refractivity contribution in [2.75, 3.05) is 18.6 Å². The van der Waals surface area contributed by atoms with Gasteiger partial charge in [-0.1, -0.05) is 33.6 Å². The summed E-state index contributed by atoms with van der Waals surface area (Å²) < 4.78 is 23.4. The molecule has 0 aromatic heterocycles. The number of sulfone groups is 1. The van der Waals surface area contributed by atoms with E-state index in [1.807, 2.05) is 32.0 Å². The number of hydrogen-bond acceptors (Lipinski definition) is 3. The van der Waals surface area contributed by atoms with E-state index in [0.717, 1.165) is 16.6 Å². The molecule has 1 rings (SSSR count). The minimum absolute atomic E-state index is 0.00270. The van der Waals surface area contributed by atoms with Crippen molar-refractivity contribution in [3.8, 4) is 0 Å². The van der Waals surface area contributed by atoms with Crippen LogP contribution < -0.4 is 10.6 Å². The van der Waals surface area contributed by atoms with Crippen LogP contribution in [0.4, 0.5) is 0 Å². The smallest absolute Gasteiger partial charge is 0.191 e. The number of benzene rings is 1. The van der Waals surface area contributed by atoms with E-state index in [1.54, 1.807) is 0 Å². The van der Waals surface area contributed by atoms with Crippen LogP contribution in [-0.4, -0.2) is 39.0 Å². The van der Waals surface area contributed by atoms with Gasteiger partial charge < -0.3 is 10.6 Å². The maximum absolute atomic E-state index is 11.2. The molecule has 23 heavy (non-hydrogen) atoms. The van der Waals surface area contributed by atoms with E-state index < -0.39 is 9.84 Å². The van der Waals surface area contributed by atoms with Gasteiger partial charge in [0.2, 0.25) is 0 Å². The lowest BCUT2D eigenvalue weighted by molar-refractivity contribution is 0.581. The van der Waals surface area contributed by atoms with Crippen LogP contribution in [0.3, 0.4) is 0 Å². The summed E-state index contributed by atoms with van der Waals surface area (Å²) in [4.78, 5) is 4.50. The fourth-order valence-electron chi connectivity index (χ4n) is 1.83. The Balaban J connectivity index is 2.69. The first-order valence-electron chi connectivity index (χ1n) is 7.37. The van der Waals surface area contributed by atoms with E-state index in [-0.39, 0.29) is 11.8 Å². The Kier molecular flexibility index (Phi) is 8.36. The summed E-state index contributed by atoms with van der Waals surface area (Å²) >= 11 is 9.56. The van der Waals surface area contributed by atoms with Gasteiger partial charge in [0, 0.05) is 28.3 Å². The number of halogens is 2. The van der Waals surface area contributed by atoms with Crippen LogP contribution >= 0.6 is 27.5 Å². The predicted octanol–water partition coefficient (Wildman–Crippen LogP) is 2.98. The summed E-state index contributed by atoms with van der Waals surface area (Å²) in [5, 5.41) is 7.02. The second kappa shape index (κ2) is 9.49. The third kappa shape index (κ3) is 8.58. The van der Waals surface area contributed by atoms with Gasteiger partial charge in [0.25, 0.3) is 0 Å². The Bertz CT molecular complexity index is 650. The summed E-state index contributed by atoms with van der Waals surface area (Å²) in [6.45, 7) is 5.08. The van der Waals surface area contributed by atoms with Crippen LogP contribution in [0.5, 0.6) is 0 Å². The number of hydrogen-bond donors (Lipinski definition) is 2. The van der Waals surface area contributed by atoms with Crippen molar-refractivity contribution in [2.24, 2.45) is 4.99 Å². The Hall–Kier alpha value is -0.790. The lowest BCUT2D eigenvalue weighted by Gasteiger charge is -2.17. The van der Waals surface area contributed by atoms with Crippen LogP contribution in [0.1, 0.15) is 25.8 Å². The summed E-state index contributed by atoms with van der Waals surface area (Å²) in [7, 11) is -2.95. The molecule has 0 fully saturated rings. The summed E-state index contributed by atoms with van der Waals surface area (Å²) in [6, 6.07) is 5.68. The van der Waals surface area contributed by atoms with Crippen LogP contribution in [0.2, 0.25) is 5.02 Å². The average molecular weight is 425 g/mol. The quantitative estimate of drug-likeness (QED) is 0.521. The van der Waals surface area contributed by atoms with Crippen LogP contribution in [0.25, 0.3) is 0 Å². The summed E-state index contributed by atoms with van der Waals surface area (Å²) in [5.41, 5.74) is 0.927. The maximum Gasteiger partial charge on any atom is 0.191 e. The SMILES string of the molecule is CCNC(=NCc1ccc(Br)cc1Cl)NC(C)CCS(C)(=O)=O. The van der Waals surface area contributed by atoms with Crippen LogP contribution in [-0.2, 0) is 16.4 Å². The number of nitrogens with zero attached hydrogens (tertiary/aromatic N) is 1.